The number of fused-ring (bicyclic) bond motifs is 1. The minimum Gasteiger partial charge on any atom is -0.383 e. The molecule has 0 unspecified atom stereocenters. The van der Waals surface area contributed by atoms with Crippen LogP contribution in [0.4, 0.5) is 17.3 Å². The maximum atomic E-state index is 6.15. The van der Waals surface area contributed by atoms with E-state index in [-0.39, 0.29) is 0 Å². The minimum atomic E-state index is 0.388. The van der Waals surface area contributed by atoms with E-state index in [0.717, 1.165) is 54.6 Å². The van der Waals surface area contributed by atoms with Gasteiger partial charge >= 0.3 is 0 Å². The zero-order valence-corrected chi connectivity index (χ0v) is 16.9. The van der Waals surface area contributed by atoms with E-state index in [2.05, 4.69) is 30.2 Å². The van der Waals surface area contributed by atoms with Gasteiger partial charge in [0.25, 0.3) is 0 Å². The van der Waals surface area contributed by atoms with Gasteiger partial charge in [-0.2, -0.15) is 0 Å². The number of nitrogens with two attached hydrogens (primary N) is 1. The van der Waals surface area contributed by atoms with Gasteiger partial charge < -0.3 is 20.7 Å². The molecule has 0 atom stereocenters. The lowest BCUT2D eigenvalue weighted by atomic mass is 10.1. The fraction of sp³-hybridized carbons (Fsp3) is 0.227. The third-order valence-electron chi connectivity index (χ3n) is 5.22. The van der Waals surface area contributed by atoms with E-state index in [1.54, 1.807) is 6.20 Å². The Labute approximate surface area is 179 Å². The van der Waals surface area contributed by atoms with E-state index in [9.17, 15) is 0 Å². The predicted molar refractivity (Wildman–Crippen MR) is 120 cm³/mol. The molecule has 0 saturated carbocycles. The second kappa shape index (κ2) is 8.49. The Balaban J connectivity index is 1.48. The van der Waals surface area contributed by atoms with Crippen LogP contribution in [0.5, 0.6) is 0 Å². The van der Waals surface area contributed by atoms with Crippen LogP contribution in [0.25, 0.3) is 22.3 Å². The van der Waals surface area contributed by atoms with Gasteiger partial charge in [0, 0.05) is 43.8 Å². The van der Waals surface area contributed by atoms with Gasteiger partial charge in [0.2, 0.25) is 0 Å². The third-order valence-corrected chi connectivity index (χ3v) is 5.22. The van der Waals surface area contributed by atoms with E-state index in [0.29, 0.717) is 23.4 Å². The molecule has 156 valence electrons. The summed E-state index contributed by atoms with van der Waals surface area (Å²) in [6, 6.07) is 9.93. The van der Waals surface area contributed by atoms with E-state index in [1.165, 1.54) is 6.33 Å². The zero-order chi connectivity index (χ0) is 21.0. The molecule has 0 bridgehead atoms. The summed E-state index contributed by atoms with van der Waals surface area (Å²) in [7, 11) is 0. The van der Waals surface area contributed by atoms with Gasteiger partial charge in [-0.3, -0.25) is 4.98 Å². The summed E-state index contributed by atoms with van der Waals surface area (Å²) in [5, 5.41) is 4.14. The van der Waals surface area contributed by atoms with Crippen molar-refractivity contribution in [3.63, 3.8) is 0 Å². The predicted octanol–water partition coefficient (Wildman–Crippen LogP) is 2.51. The zero-order valence-electron chi connectivity index (χ0n) is 16.9. The van der Waals surface area contributed by atoms with Crippen molar-refractivity contribution in [2.75, 3.05) is 42.3 Å². The molecule has 1 aliphatic heterocycles. The summed E-state index contributed by atoms with van der Waals surface area (Å²) in [5.74, 6) is 1.33. The lowest BCUT2D eigenvalue weighted by molar-refractivity contribution is 0.122. The number of hydrogen-bond donors (Lipinski definition) is 2. The Hall–Kier alpha value is -3.85. The molecule has 31 heavy (non-hydrogen) atoms. The fourth-order valence-electron chi connectivity index (χ4n) is 3.59. The molecule has 1 saturated heterocycles. The summed E-state index contributed by atoms with van der Waals surface area (Å²) in [6.07, 6.45) is 6.85. The van der Waals surface area contributed by atoms with Gasteiger partial charge in [0.05, 0.1) is 30.0 Å². The third kappa shape index (κ3) is 4.08. The lowest BCUT2D eigenvalue weighted by Gasteiger charge is -2.27. The number of rotatable bonds is 5. The lowest BCUT2D eigenvalue weighted by Crippen LogP contribution is -2.36. The summed E-state index contributed by atoms with van der Waals surface area (Å²) in [5.41, 5.74) is 10.2. The minimum absolute atomic E-state index is 0.388. The Morgan fingerprint density at radius 1 is 1.06 bits per heavy atom. The molecule has 0 aliphatic carbocycles. The quantitative estimate of drug-likeness (QED) is 0.508. The van der Waals surface area contributed by atoms with Crippen molar-refractivity contribution < 1.29 is 4.74 Å². The molecule has 4 aromatic rings. The van der Waals surface area contributed by atoms with Crippen LogP contribution in [0.1, 0.15) is 5.56 Å². The van der Waals surface area contributed by atoms with Crippen molar-refractivity contribution >= 4 is 28.4 Å². The number of nitrogens with zero attached hydrogens (tertiary/aromatic N) is 6. The molecule has 9 nitrogen and oxygen atoms in total. The van der Waals surface area contributed by atoms with Crippen LogP contribution >= 0.6 is 0 Å². The fourth-order valence-corrected chi connectivity index (χ4v) is 3.59. The highest BCUT2D eigenvalue weighted by molar-refractivity contribution is 5.98. The topological polar surface area (TPSA) is 115 Å². The maximum absolute atomic E-state index is 6.15. The van der Waals surface area contributed by atoms with Crippen LogP contribution in [-0.2, 0) is 11.3 Å². The number of aromatic nitrogens is 5. The van der Waals surface area contributed by atoms with Crippen molar-refractivity contribution in [2.24, 2.45) is 0 Å². The monoisotopic (exact) mass is 414 g/mol. The molecular formula is C22H22N8O. The van der Waals surface area contributed by atoms with Crippen LogP contribution in [0.3, 0.4) is 0 Å². The average Bonchev–Trinajstić information content (AvgIpc) is 2.84. The van der Waals surface area contributed by atoms with Gasteiger partial charge in [-0.05, 0) is 29.8 Å². The molecule has 0 amide bonds. The first-order valence-corrected chi connectivity index (χ1v) is 10.1. The molecule has 0 aromatic carbocycles. The summed E-state index contributed by atoms with van der Waals surface area (Å²) in [6.45, 7) is 3.73. The Morgan fingerprint density at radius 2 is 1.97 bits per heavy atom. The molecule has 9 heteroatoms. The van der Waals surface area contributed by atoms with Crippen LogP contribution in [0, 0.1) is 0 Å². The first-order chi connectivity index (χ1) is 15.3. The van der Waals surface area contributed by atoms with E-state index in [1.807, 2.05) is 42.7 Å². The van der Waals surface area contributed by atoms with E-state index < -0.39 is 0 Å². The van der Waals surface area contributed by atoms with Crippen LogP contribution in [0.15, 0.2) is 55.2 Å². The number of morpholine rings is 1. The van der Waals surface area contributed by atoms with Crippen molar-refractivity contribution in [2.45, 2.75) is 6.54 Å². The van der Waals surface area contributed by atoms with Crippen LogP contribution < -0.4 is 16.0 Å². The van der Waals surface area contributed by atoms with Crippen molar-refractivity contribution in [3.8, 4) is 11.3 Å². The molecule has 4 aromatic heterocycles. The highest BCUT2D eigenvalue weighted by atomic mass is 16.5. The molecule has 1 fully saturated rings. The van der Waals surface area contributed by atoms with Gasteiger partial charge in [0.15, 0.2) is 5.65 Å². The highest BCUT2D eigenvalue weighted by Gasteiger charge is 2.15. The summed E-state index contributed by atoms with van der Waals surface area (Å²) >= 11 is 0. The van der Waals surface area contributed by atoms with E-state index >= 15 is 0 Å². The van der Waals surface area contributed by atoms with Gasteiger partial charge in [0.1, 0.15) is 18.0 Å². The Kier molecular flexibility index (Phi) is 5.24. The largest absolute Gasteiger partial charge is 0.383 e. The first-order valence-electron chi connectivity index (χ1n) is 10.1. The van der Waals surface area contributed by atoms with Gasteiger partial charge in [-0.25, -0.2) is 19.9 Å². The number of anilines is 3. The van der Waals surface area contributed by atoms with Gasteiger partial charge in [-0.1, -0.05) is 6.07 Å². The van der Waals surface area contributed by atoms with Crippen LogP contribution in [0.2, 0.25) is 0 Å². The van der Waals surface area contributed by atoms with Crippen molar-refractivity contribution in [1.82, 2.24) is 24.9 Å². The second-order valence-electron chi connectivity index (χ2n) is 7.23. The standard InChI is InChI=1S/C22H22N8O/c23-21-20-18(25-12-15-2-1-5-24-11-15)10-17(29-22(20)28-14-27-21)16-3-4-19(26-13-16)30-6-8-31-9-7-30/h1-5,10-11,13-14H,6-9,12H2,(H3,23,25,27,28,29). The molecular weight excluding hydrogens is 392 g/mol. The SMILES string of the molecule is Nc1ncnc2nc(-c3ccc(N4CCOCC4)nc3)cc(NCc3cccnc3)c12. The molecule has 5 rings (SSSR count). The van der Waals surface area contributed by atoms with Crippen molar-refractivity contribution in [3.05, 3.63) is 60.8 Å². The second-order valence-corrected chi connectivity index (χ2v) is 7.23. The molecule has 0 radical (unpaired) electrons. The normalized spacial score (nSPS) is 14.0. The smallest absolute Gasteiger partial charge is 0.167 e. The molecule has 0 spiro atoms. The highest BCUT2D eigenvalue weighted by Crippen LogP contribution is 2.30. The van der Waals surface area contributed by atoms with Gasteiger partial charge in [-0.15, -0.1) is 0 Å². The Morgan fingerprint density at radius 3 is 2.74 bits per heavy atom. The average molecular weight is 414 g/mol. The number of hydrogen-bond acceptors (Lipinski definition) is 9. The molecule has 3 N–H and O–H groups in total. The number of nitrogens with one attached hydrogen (secondary N) is 1. The maximum Gasteiger partial charge on any atom is 0.167 e. The van der Waals surface area contributed by atoms with Crippen LogP contribution in [-0.4, -0.2) is 51.2 Å². The van der Waals surface area contributed by atoms with E-state index in [4.69, 9.17) is 15.5 Å². The number of pyridine rings is 3. The summed E-state index contributed by atoms with van der Waals surface area (Å²) in [4.78, 5) is 24.2. The Bertz CT molecular complexity index is 1180. The number of ether oxygens (including phenoxy) is 1. The first kappa shape index (κ1) is 19.1. The number of nitrogen functional groups attached to an aromatic ring is 1. The molecule has 5 heterocycles. The molecule has 1 aliphatic rings. The summed E-state index contributed by atoms with van der Waals surface area (Å²) < 4.78 is 5.42. The van der Waals surface area contributed by atoms with Crippen molar-refractivity contribution in [1.29, 1.82) is 0 Å².